The molecule has 0 amide bonds. The van der Waals surface area contributed by atoms with E-state index in [1.807, 2.05) is 20.8 Å². The van der Waals surface area contributed by atoms with Crippen molar-refractivity contribution >= 4 is 0 Å². The van der Waals surface area contributed by atoms with E-state index < -0.39 is 17.8 Å². The van der Waals surface area contributed by atoms with Crippen molar-refractivity contribution in [2.24, 2.45) is 0 Å². The molecule has 0 bridgehead atoms. The highest BCUT2D eigenvalue weighted by Crippen LogP contribution is 2.29. The number of benzene rings is 1. The van der Waals surface area contributed by atoms with Gasteiger partial charge >= 0.3 is 6.18 Å². The molecule has 0 fully saturated rings. The van der Waals surface area contributed by atoms with Crippen molar-refractivity contribution in [1.82, 2.24) is 4.90 Å². The lowest BCUT2D eigenvalue weighted by atomic mass is 10.1. The second kappa shape index (κ2) is 7.44. The maximum absolute atomic E-state index is 12.7. The Bertz CT molecular complexity index is 469. The maximum atomic E-state index is 12.7. The van der Waals surface area contributed by atoms with Crippen LogP contribution in [0, 0.1) is 0 Å². The molecule has 1 aromatic rings. The van der Waals surface area contributed by atoms with Crippen LogP contribution in [-0.2, 0) is 17.5 Å². The minimum Gasteiger partial charge on any atom is -0.389 e. The summed E-state index contributed by atoms with van der Waals surface area (Å²) in [5.41, 5.74) is -0.433. The Morgan fingerprint density at radius 2 is 1.86 bits per heavy atom. The first-order chi connectivity index (χ1) is 9.97. The van der Waals surface area contributed by atoms with Gasteiger partial charge in [0.2, 0.25) is 0 Å². The number of nitrogens with zero attached hydrogens (tertiary/aromatic N) is 1. The fraction of sp³-hybridized carbons (Fsp3) is 0.625. The third-order valence-corrected chi connectivity index (χ3v) is 2.94. The molecule has 3 nitrogen and oxygen atoms in total. The number of aliphatic hydroxyl groups excluding tert-OH is 1. The second-order valence-corrected chi connectivity index (χ2v) is 6.47. The SMILES string of the molecule is CN(Cc1cccc(C(F)(F)F)c1)CC(O)COC(C)(C)C. The van der Waals surface area contributed by atoms with E-state index in [1.165, 1.54) is 6.07 Å². The predicted molar refractivity (Wildman–Crippen MR) is 79.5 cm³/mol. The highest BCUT2D eigenvalue weighted by Gasteiger charge is 2.30. The summed E-state index contributed by atoms with van der Waals surface area (Å²) in [6.45, 7) is 6.53. The molecule has 1 aromatic carbocycles. The van der Waals surface area contributed by atoms with Gasteiger partial charge in [-0.1, -0.05) is 18.2 Å². The first-order valence-corrected chi connectivity index (χ1v) is 7.14. The first-order valence-electron chi connectivity index (χ1n) is 7.14. The standard InChI is InChI=1S/C16H24F3NO2/c1-15(2,3)22-11-14(21)10-20(4)9-12-6-5-7-13(8-12)16(17,18)19/h5-8,14,21H,9-11H2,1-4H3. The van der Waals surface area contributed by atoms with Gasteiger partial charge in [-0.3, -0.25) is 4.90 Å². The predicted octanol–water partition coefficient (Wildman–Crippen LogP) is 3.31. The fourth-order valence-electron chi connectivity index (χ4n) is 1.98. The van der Waals surface area contributed by atoms with E-state index in [4.69, 9.17) is 4.74 Å². The van der Waals surface area contributed by atoms with E-state index >= 15 is 0 Å². The van der Waals surface area contributed by atoms with Crippen molar-refractivity contribution in [2.75, 3.05) is 20.2 Å². The van der Waals surface area contributed by atoms with Gasteiger partial charge in [-0.25, -0.2) is 0 Å². The molecule has 0 saturated heterocycles. The third-order valence-electron chi connectivity index (χ3n) is 2.94. The smallest absolute Gasteiger partial charge is 0.389 e. The van der Waals surface area contributed by atoms with Crippen LogP contribution in [0.3, 0.4) is 0 Å². The molecule has 0 spiro atoms. The van der Waals surface area contributed by atoms with Crippen LogP contribution < -0.4 is 0 Å². The zero-order chi connectivity index (χ0) is 17.0. The van der Waals surface area contributed by atoms with Crippen LogP contribution in [0.15, 0.2) is 24.3 Å². The van der Waals surface area contributed by atoms with Crippen LogP contribution >= 0.6 is 0 Å². The number of hydrogen-bond acceptors (Lipinski definition) is 3. The largest absolute Gasteiger partial charge is 0.416 e. The average molecular weight is 319 g/mol. The topological polar surface area (TPSA) is 32.7 Å². The van der Waals surface area contributed by atoms with Crippen molar-refractivity contribution in [2.45, 2.75) is 45.2 Å². The van der Waals surface area contributed by atoms with Crippen molar-refractivity contribution in [3.63, 3.8) is 0 Å². The van der Waals surface area contributed by atoms with Crippen LogP contribution in [0.1, 0.15) is 31.9 Å². The first kappa shape index (κ1) is 18.9. The molecule has 1 rings (SSSR count). The summed E-state index contributed by atoms with van der Waals surface area (Å²) in [7, 11) is 1.75. The number of likely N-dealkylation sites (N-methyl/N-ethyl adjacent to an activating group) is 1. The molecule has 1 N–H and O–H groups in total. The van der Waals surface area contributed by atoms with Gasteiger partial charge in [0.05, 0.1) is 23.9 Å². The summed E-state index contributed by atoms with van der Waals surface area (Å²) in [6, 6.07) is 5.22. The van der Waals surface area contributed by atoms with E-state index in [-0.39, 0.29) is 12.2 Å². The molecular formula is C16H24F3NO2. The Labute approximate surface area is 129 Å². The highest BCUT2D eigenvalue weighted by molar-refractivity contribution is 5.25. The van der Waals surface area contributed by atoms with Gasteiger partial charge in [0.25, 0.3) is 0 Å². The highest BCUT2D eigenvalue weighted by atomic mass is 19.4. The number of aliphatic hydroxyl groups is 1. The minimum atomic E-state index is -4.34. The Morgan fingerprint density at radius 3 is 2.41 bits per heavy atom. The molecule has 0 saturated carbocycles. The molecule has 0 aromatic heterocycles. The molecular weight excluding hydrogens is 295 g/mol. The number of rotatable bonds is 6. The molecule has 0 heterocycles. The number of ether oxygens (including phenoxy) is 1. The Balaban J connectivity index is 2.53. The summed E-state index contributed by atoms with van der Waals surface area (Å²) in [4.78, 5) is 1.77. The van der Waals surface area contributed by atoms with Crippen LogP contribution in [0.4, 0.5) is 13.2 Å². The van der Waals surface area contributed by atoms with Gasteiger partial charge in [-0.2, -0.15) is 13.2 Å². The van der Waals surface area contributed by atoms with E-state index in [9.17, 15) is 18.3 Å². The van der Waals surface area contributed by atoms with Gasteiger partial charge in [0, 0.05) is 13.1 Å². The van der Waals surface area contributed by atoms with E-state index in [2.05, 4.69) is 0 Å². The van der Waals surface area contributed by atoms with Crippen molar-refractivity contribution in [1.29, 1.82) is 0 Å². The lowest BCUT2D eigenvalue weighted by molar-refractivity contribution is -0.137. The van der Waals surface area contributed by atoms with Crippen LogP contribution in [0.5, 0.6) is 0 Å². The fourth-order valence-corrected chi connectivity index (χ4v) is 1.98. The van der Waals surface area contributed by atoms with E-state index in [0.29, 0.717) is 18.7 Å². The Morgan fingerprint density at radius 1 is 1.23 bits per heavy atom. The summed E-state index contributed by atoms with van der Waals surface area (Å²) >= 11 is 0. The van der Waals surface area contributed by atoms with Crippen molar-refractivity contribution in [3.05, 3.63) is 35.4 Å². The number of alkyl halides is 3. The van der Waals surface area contributed by atoms with E-state index in [0.717, 1.165) is 12.1 Å². The Kier molecular flexibility index (Phi) is 6.40. The van der Waals surface area contributed by atoms with Gasteiger partial charge in [-0.05, 0) is 39.4 Å². The molecule has 1 atom stereocenters. The number of hydrogen-bond donors (Lipinski definition) is 1. The molecule has 0 aliphatic heterocycles. The summed E-state index contributed by atoms with van der Waals surface area (Å²) in [6.07, 6.45) is -5.02. The summed E-state index contributed by atoms with van der Waals surface area (Å²) < 4.78 is 43.5. The van der Waals surface area contributed by atoms with Gasteiger partial charge < -0.3 is 9.84 Å². The zero-order valence-electron chi connectivity index (χ0n) is 13.4. The molecule has 1 unspecified atom stereocenters. The average Bonchev–Trinajstić information content (AvgIpc) is 2.34. The van der Waals surface area contributed by atoms with Gasteiger partial charge in [0.15, 0.2) is 0 Å². The van der Waals surface area contributed by atoms with Gasteiger partial charge in [0.1, 0.15) is 0 Å². The van der Waals surface area contributed by atoms with Crippen LogP contribution in [0.25, 0.3) is 0 Å². The van der Waals surface area contributed by atoms with Crippen LogP contribution in [0.2, 0.25) is 0 Å². The van der Waals surface area contributed by atoms with E-state index in [1.54, 1.807) is 18.0 Å². The second-order valence-electron chi connectivity index (χ2n) is 6.47. The molecule has 126 valence electrons. The quantitative estimate of drug-likeness (QED) is 0.873. The molecule has 0 aliphatic rings. The normalized spacial score (nSPS) is 14.4. The third kappa shape index (κ3) is 7.24. The van der Waals surface area contributed by atoms with Gasteiger partial charge in [-0.15, -0.1) is 0 Å². The monoisotopic (exact) mass is 319 g/mol. The van der Waals surface area contributed by atoms with Crippen molar-refractivity contribution in [3.8, 4) is 0 Å². The molecule has 22 heavy (non-hydrogen) atoms. The Hall–Kier alpha value is -1.11. The van der Waals surface area contributed by atoms with Crippen molar-refractivity contribution < 1.29 is 23.0 Å². The maximum Gasteiger partial charge on any atom is 0.416 e. The molecule has 0 radical (unpaired) electrons. The zero-order valence-corrected chi connectivity index (χ0v) is 13.4. The lowest BCUT2D eigenvalue weighted by Crippen LogP contribution is -2.34. The van der Waals surface area contributed by atoms with Crippen LogP contribution in [-0.4, -0.2) is 41.9 Å². The molecule has 0 aliphatic carbocycles. The lowest BCUT2D eigenvalue weighted by Gasteiger charge is -2.25. The summed E-state index contributed by atoms with van der Waals surface area (Å²) in [5, 5.41) is 9.90. The molecule has 6 heteroatoms. The minimum absolute atomic E-state index is 0.191. The summed E-state index contributed by atoms with van der Waals surface area (Å²) in [5.74, 6) is 0. The number of halogens is 3.